The van der Waals surface area contributed by atoms with Gasteiger partial charge in [-0.3, -0.25) is 0 Å². The third-order valence-electron chi connectivity index (χ3n) is 3.71. The number of fused-ring (bicyclic) bond motifs is 1. The standard InChI is InChI=1S/C17H16IN3O2S/c1-2-12-14(18)13-15(19-9-20-16(13)24-12)21-11(17(22)23)8-10-6-4-3-5-7-10/h3-7,9,11H,2,8H2,1H3,(H,22,23)(H,19,20,21). The van der Waals surface area contributed by atoms with Gasteiger partial charge in [-0.2, -0.15) is 0 Å². The fourth-order valence-corrected chi connectivity index (χ4v) is 4.87. The smallest absolute Gasteiger partial charge is 0.326 e. The van der Waals surface area contributed by atoms with Crippen LogP contribution >= 0.6 is 33.9 Å². The van der Waals surface area contributed by atoms with Gasteiger partial charge >= 0.3 is 5.97 Å². The van der Waals surface area contributed by atoms with Crippen LogP contribution in [0.1, 0.15) is 17.4 Å². The van der Waals surface area contributed by atoms with E-state index in [1.807, 2.05) is 30.3 Å². The van der Waals surface area contributed by atoms with Crippen molar-refractivity contribution in [1.29, 1.82) is 0 Å². The number of carbonyl (C=O) groups is 1. The minimum Gasteiger partial charge on any atom is -0.480 e. The highest BCUT2D eigenvalue weighted by Crippen LogP contribution is 2.35. The van der Waals surface area contributed by atoms with E-state index in [0.29, 0.717) is 12.2 Å². The van der Waals surface area contributed by atoms with Gasteiger partial charge in [0.05, 0.1) is 5.39 Å². The van der Waals surface area contributed by atoms with E-state index < -0.39 is 12.0 Å². The lowest BCUT2D eigenvalue weighted by atomic mass is 10.1. The summed E-state index contributed by atoms with van der Waals surface area (Å²) >= 11 is 3.92. The molecule has 0 aliphatic heterocycles. The van der Waals surface area contributed by atoms with Crippen molar-refractivity contribution in [3.05, 3.63) is 50.7 Å². The zero-order valence-electron chi connectivity index (χ0n) is 13.0. The zero-order valence-corrected chi connectivity index (χ0v) is 16.0. The van der Waals surface area contributed by atoms with Gasteiger partial charge in [-0.15, -0.1) is 11.3 Å². The number of hydrogen-bond donors (Lipinski definition) is 2. The van der Waals surface area contributed by atoms with Crippen LogP contribution in [-0.4, -0.2) is 27.1 Å². The molecule has 0 saturated heterocycles. The molecule has 0 fully saturated rings. The summed E-state index contributed by atoms with van der Waals surface area (Å²) in [4.78, 5) is 22.4. The van der Waals surface area contributed by atoms with Gasteiger partial charge in [-0.25, -0.2) is 14.8 Å². The predicted molar refractivity (Wildman–Crippen MR) is 105 cm³/mol. The molecule has 0 aliphatic carbocycles. The maximum Gasteiger partial charge on any atom is 0.326 e. The molecule has 7 heteroatoms. The van der Waals surface area contributed by atoms with E-state index in [4.69, 9.17) is 0 Å². The fourth-order valence-electron chi connectivity index (χ4n) is 2.50. The molecule has 1 aromatic carbocycles. The Balaban J connectivity index is 1.94. The number of carboxylic acid groups (broad SMARTS) is 1. The molecule has 0 aliphatic rings. The highest BCUT2D eigenvalue weighted by atomic mass is 127. The van der Waals surface area contributed by atoms with Crippen molar-refractivity contribution in [2.45, 2.75) is 25.8 Å². The summed E-state index contributed by atoms with van der Waals surface area (Å²) in [7, 11) is 0. The van der Waals surface area contributed by atoms with Crippen LogP contribution in [-0.2, 0) is 17.6 Å². The van der Waals surface area contributed by atoms with E-state index in [9.17, 15) is 9.90 Å². The molecule has 3 rings (SSSR count). The van der Waals surface area contributed by atoms with E-state index >= 15 is 0 Å². The number of carboxylic acids is 1. The highest BCUT2D eigenvalue weighted by molar-refractivity contribution is 14.1. The molecule has 2 heterocycles. The summed E-state index contributed by atoms with van der Waals surface area (Å²) in [6.45, 7) is 2.10. The van der Waals surface area contributed by atoms with Crippen molar-refractivity contribution in [3.63, 3.8) is 0 Å². The van der Waals surface area contributed by atoms with Crippen LogP contribution in [0.25, 0.3) is 10.2 Å². The van der Waals surface area contributed by atoms with E-state index in [1.165, 1.54) is 11.2 Å². The largest absolute Gasteiger partial charge is 0.480 e. The first-order chi connectivity index (χ1) is 11.6. The second-order valence-electron chi connectivity index (χ2n) is 5.32. The SMILES string of the molecule is CCc1sc2ncnc(NC(Cc3ccccc3)C(=O)O)c2c1I. The Morgan fingerprint density at radius 2 is 2.08 bits per heavy atom. The lowest BCUT2D eigenvalue weighted by molar-refractivity contribution is -0.137. The third kappa shape index (κ3) is 3.51. The molecule has 2 N–H and O–H groups in total. The Morgan fingerprint density at radius 3 is 2.75 bits per heavy atom. The van der Waals surface area contributed by atoms with Gasteiger partial charge in [0.2, 0.25) is 0 Å². The molecular weight excluding hydrogens is 437 g/mol. The number of aliphatic carboxylic acids is 1. The Hall–Kier alpha value is -1.74. The number of hydrogen-bond acceptors (Lipinski definition) is 5. The maximum absolute atomic E-state index is 11.7. The molecule has 0 amide bonds. The zero-order chi connectivity index (χ0) is 17.1. The van der Waals surface area contributed by atoms with Crippen LogP contribution in [0.2, 0.25) is 0 Å². The fraction of sp³-hybridized carbons (Fsp3) is 0.235. The van der Waals surface area contributed by atoms with Crippen molar-refractivity contribution in [2.75, 3.05) is 5.32 Å². The summed E-state index contributed by atoms with van der Waals surface area (Å²) in [5.41, 5.74) is 0.969. The number of aromatic nitrogens is 2. The molecular formula is C17H16IN3O2S. The Morgan fingerprint density at radius 1 is 1.33 bits per heavy atom. The predicted octanol–water partition coefficient (Wildman–Crippen LogP) is 3.97. The number of anilines is 1. The van der Waals surface area contributed by atoms with Gasteiger partial charge in [0, 0.05) is 14.9 Å². The lowest BCUT2D eigenvalue weighted by Gasteiger charge is -2.16. The van der Waals surface area contributed by atoms with Gasteiger partial charge in [0.15, 0.2) is 0 Å². The number of rotatable bonds is 6. The van der Waals surface area contributed by atoms with E-state index in [0.717, 1.165) is 25.8 Å². The van der Waals surface area contributed by atoms with Gasteiger partial charge in [-0.1, -0.05) is 37.3 Å². The van der Waals surface area contributed by atoms with E-state index in [1.54, 1.807) is 11.3 Å². The van der Waals surface area contributed by atoms with Gasteiger partial charge in [0.1, 0.15) is 23.0 Å². The number of aryl methyl sites for hydroxylation is 1. The minimum atomic E-state index is -0.897. The van der Waals surface area contributed by atoms with Crippen molar-refractivity contribution in [3.8, 4) is 0 Å². The monoisotopic (exact) mass is 453 g/mol. The first-order valence-electron chi connectivity index (χ1n) is 7.55. The molecule has 1 unspecified atom stereocenters. The molecule has 124 valence electrons. The molecule has 3 aromatic rings. The molecule has 24 heavy (non-hydrogen) atoms. The Kier molecular flexibility index (Phi) is 5.30. The second kappa shape index (κ2) is 7.43. The van der Waals surface area contributed by atoms with Gasteiger partial charge in [-0.05, 0) is 34.6 Å². The lowest BCUT2D eigenvalue weighted by Crippen LogP contribution is -2.32. The summed E-state index contributed by atoms with van der Waals surface area (Å²) in [6, 6.07) is 8.85. The molecule has 0 bridgehead atoms. The van der Waals surface area contributed by atoms with Crippen LogP contribution in [0.5, 0.6) is 0 Å². The summed E-state index contributed by atoms with van der Waals surface area (Å²) in [6.07, 6.45) is 2.80. The third-order valence-corrected chi connectivity index (χ3v) is 6.51. The quantitative estimate of drug-likeness (QED) is 0.553. The number of benzene rings is 1. The summed E-state index contributed by atoms with van der Waals surface area (Å²) < 4.78 is 1.10. The van der Waals surface area contributed by atoms with Crippen molar-refractivity contribution in [1.82, 2.24) is 9.97 Å². The summed E-state index contributed by atoms with van der Waals surface area (Å²) in [5, 5.41) is 13.6. The average Bonchev–Trinajstić information content (AvgIpc) is 2.92. The Bertz CT molecular complexity index is 867. The van der Waals surface area contributed by atoms with Crippen LogP contribution in [0.3, 0.4) is 0 Å². The first kappa shape index (κ1) is 17.1. The number of nitrogens with zero attached hydrogens (tertiary/aromatic N) is 2. The Labute approximate surface area is 157 Å². The van der Waals surface area contributed by atoms with Crippen LogP contribution in [0.15, 0.2) is 36.7 Å². The topological polar surface area (TPSA) is 75.1 Å². The summed E-state index contributed by atoms with van der Waals surface area (Å²) in [5.74, 6) is -0.310. The second-order valence-corrected chi connectivity index (χ2v) is 7.48. The highest BCUT2D eigenvalue weighted by Gasteiger charge is 2.21. The minimum absolute atomic E-state index is 0.392. The number of thiophene rings is 1. The average molecular weight is 453 g/mol. The van der Waals surface area contributed by atoms with Crippen molar-refractivity contribution < 1.29 is 9.90 Å². The normalized spacial score (nSPS) is 12.2. The van der Waals surface area contributed by atoms with Gasteiger partial charge in [0.25, 0.3) is 0 Å². The molecule has 1 atom stereocenters. The van der Waals surface area contributed by atoms with Crippen LogP contribution < -0.4 is 5.32 Å². The molecule has 0 spiro atoms. The number of nitrogens with one attached hydrogen (secondary N) is 1. The molecule has 5 nitrogen and oxygen atoms in total. The maximum atomic E-state index is 11.7. The van der Waals surface area contributed by atoms with Gasteiger partial charge < -0.3 is 10.4 Å². The molecule has 0 saturated carbocycles. The van der Waals surface area contributed by atoms with Crippen molar-refractivity contribution >= 4 is 55.9 Å². The number of halogens is 1. The van der Waals surface area contributed by atoms with Crippen molar-refractivity contribution in [2.24, 2.45) is 0 Å². The molecule has 2 aromatic heterocycles. The molecule has 0 radical (unpaired) electrons. The van der Waals surface area contributed by atoms with E-state index in [-0.39, 0.29) is 0 Å². The van der Waals surface area contributed by atoms with E-state index in [2.05, 4.69) is 44.8 Å². The van der Waals surface area contributed by atoms with Crippen LogP contribution in [0.4, 0.5) is 5.82 Å². The van der Waals surface area contributed by atoms with Crippen LogP contribution in [0, 0.1) is 3.57 Å². The first-order valence-corrected chi connectivity index (χ1v) is 9.44.